The molecule has 0 saturated carbocycles. The fraction of sp³-hybridized carbons (Fsp3) is 0.333. The number of nitrogens with zero attached hydrogens (tertiary/aromatic N) is 2. The van der Waals surface area contributed by atoms with Gasteiger partial charge in [0.05, 0.1) is 6.61 Å². The molecular weight excluding hydrogens is 240 g/mol. The molecule has 0 aliphatic heterocycles. The first-order chi connectivity index (χ1) is 9.31. The fourth-order valence-corrected chi connectivity index (χ4v) is 1.72. The van der Waals surface area contributed by atoms with Crippen molar-refractivity contribution in [3.8, 4) is 5.75 Å². The lowest BCUT2D eigenvalue weighted by Crippen LogP contribution is -2.01. The molecule has 1 heterocycles. The highest BCUT2D eigenvalue weighted by Crippen LogP contribution is 2.22. The molecule has 0 saturated heterocycles. The Hall–Kier alpha value is -1.94. The lowest BCUT2D eigenvalue weighted by atomic mass is 10.0. The topological polar surface area (TPSA) is 55.2 Å². The Morgan fingerprint density at radius 3 is 2.42 bits per heavy atom. The second-order valence-corrected chi connectivity index (χ2v) is 4.35. The van der Waals surface area contributed by atoms with E-state index in [0.29, 0.717) is 5.56 Å². The molecule has 1 atom stereocenters. The third-order valence-corrected chi connectivity index (χ3v) is 2.86. The van der Waals surface area contributed by atoms with Gasteiger partial charge in [0, 0.05) is 18.0 Å². The van der Waals surface area contributed by atoms with Crippen molar-refractivity contribution in [2.45, 2.75) is 25.9 Å². The van der Waals surface area contributed by atoms with Crippen molar-refractivity contribution in [2.24, 2.45) is 0 Å². The number of ether oxygens (including phenoxy) is 1. The highest BCUT2D eigenvalue weighted by atomic mass is 16.5. The maximum absolute atomic E-state index is 10.2. The molecule has 1 aromatic heterocycles. The highest BCUT2D eigenvalue weighted by Gasteiger charge is 2.10. The van der Waals surface area contributed by atoms with E-state index >= 15 is 0 Å². The van der Waals surface area contributed by atoms with Gasteiger partial charge in [0.2, 0.25) is 0 Å². The van der Waals surface area contributed by atoms with Crippen molar-refractivity contribution in [3.05, 3.63) is 54.1 Å². The third-order valence-electron chi connectivity index (χ3n) is 2.86. The zero-order chi connectivity index (χ0) is 13.5. The van der Waals surface area contributed by atoms with Crippen LogP contribution in [0, 0.1) is 0 Å². The number of rotatable bonds is 6. The van der Waals surface area contributed by atoms with Crippen LogP contribution in [0.3, 0.4) is 0 Å². The molecule has 1 N–H and O–H groups in total. The van der Waals surface area contributed by atoms with Gasteiger partial charge < -0.3 is 9.84 Å². The largest absolute Gasteiger partial charge is 0.494 e. The van der Waals surface area contributed by atoms with Crippen molar-refractivity contribution in [1.29, 1.82) is 0 Å². The van der Waals surface area contributed by atoms with E-state index in [1.807, 2.05) is 24.3 Å². The van der Waals surface area contributed by atoms with Crippen LogP contribution in [-0.2, 0) is 0 Å². The van der Waals surface area contributed by atoms with Gasteiger partial charge in [-0.25, -0.2) is 9.97 Å². The predicted molar refractivity (Wildman–Crippen MR) is 72.9 cm³/mol. The van der Waals surface area contributed by atoms with Gasteiger partial charge in [0.25, 0.3) is 0 Å². The van der Waals surface area contributed by atoms with Gasteiger partial charge in [-0.2, -0.15) is 0 Å². The van der Waals surface area contributed by atoms with Crippen molar-refractivity contribution in [1.82, 2.24) is 9.97 Å². The molecule has 100 valence electrons. The van der Waals surface area contributed by atoms with Crippen LogP contribution in [0.2, 0.25) is 0 Å². The van der Waals surface area contributed by atoms with E-state index < -0.39 is 6.10 Å². The first-order valence-corrected chi connectivity index (χ1v) is 6.47. The molecule has 2 rings (SSSR count). The first-order valence-electron chi connectivity index (χ1n) is 6.47. The molecule has 0 bridgehead atoms. The number of aromatic nitrogens is 2. The zero-order valence-electron chi connectivity index (χ0n) is 11.0. The summed E-state index contributed by atoms with van der Waals surface area (Å²) in [7, 11) is 0. The molecule has 0 radical (unpaired) electrons. The molecule has 19 heavy (non-hydrogen) atoms. The third kappa shape index (κ3) is 3.76. The predicted octanol–water partition coefficient (Wildman–Crippen LogP) is 2.74. The highest BCUT2D eigenvalue weighted by molar-refractivity contribution is 5.32. The van der Waals surface area contributed by atoms with E-state index in [4.69, 9.17) is 4.74 Å². The Kier molecular flexibility index (Phi) is 4.86. The normalized spacial score (nSPS) is 12.1. The van der Waals surface area contributed by atoms with Gasteiger partial charge in [-0.1, -0.05) is 25.5 Å². The number of aliphatic hydroxyl groups excluding tert-OH is 1. The Morgan fingerprint density at radius 1 is 1.11 bits per heavy atom. The van der Waals surface area contributed by atoms with Crippen molar-refractivity contribution in [2.75, 3.05) is 6.61 Å². The Labute approximate surface area is 113 Å². The van der Waals surface area contributed by atoms with Crippen LogP contribution < -0.4 is 4.74 Å². The second-order valence-electron chi connectivity index (χ2n) is 4.35. The van der Waals surface area contributed by atoms with E-state index in [1.165, 1.54) is 6.33 Å². The van der Waals surface area contributed by atoms with Crippen LogP contribution in [0.1, 0.15) is 37.0 Å². The molecule has 2 aromatic rings. The van der Waals surface area contributed by atoms with Crippen molar-refractivity contribution < 1.29 is 9.84 Å². The molecule has 4 nitrogen and oxygen atoms in total. The zero-order valence-corrected chi connectivity index (χ0v) is 11.0. The van der Waals surface area contributed by atoms with Crippen LogP contribution in [0.15, 0.2) is 43.0 Å². The van der Waals surface area contributed by atoms with Crippen LogP contribution in [-0.4, -0.2) is 21.7 Å². The molecule has 1 aromatic carbocycles. The minimum absolute atomic E-state index is 0.683. The number of unbranched alkanes of at least 4 members (excludes halogenated alkanes) is 1. The van der Waals surface area contributed by atoms with Crippen molar-refractivity contribution >= 4 is 0 Å². The number of aliphatic hydroxyl groups is 1. The van der Waals surface area contributed by atoms with E-state index in [0.717, 1.165) is 30.8 Å². The lowest BCUT2D eigenvalue weighted by Gasteiger charge is -2.11. The van der Waals surface area contributed by atoms with Crippen LogP contribution in [0.4, 0.5) is 0 Å². The van der Waals surface area contributed by atoms with Gasteiger partial charge in [-0.15, -0.1) is 0 Å². The minimum Gasteiger partial charge on any atom is -0.494 e. The van der Waals surface area contributed by atoms with E-state index in [1.54, 1.807) is 12.4 Å². The molecule has 0 aliphatic rings. The minimum atomic E-state index is -0.703. The summed E-state index contributed by atoms with van der Waals surface area (Å²) in [6.45, 7) is 2.86. The molecule has 1 unspecified atom stereocenters. The molecular formula is C15H18N2O2. The van der Waals surface area contributed by atoms with E-state index in [2.05, 4.69) is 16.9 Å². The number of hydrogen-bond donors (Lipinski definition) is 1. The van der Waals surface area contributed by atoms with Gasteiger partial charge in [-0.05, 0) is 24.1 Å². The Bertz CT molecular complexity index is 485. The Balaban J connectivity index is 2.02. The summed E-state index contributed by atoms with van der Waals surface area (Å²) in [4.78, 5) is 7.81. The summed E-state index contributed by atoms with van der Waals surface area (Å²) in [5.74, 6) is 0.828. The van der Waals surface area contributed by atoms with Gasteiger partial charge >= 0.3 is 0 Å². The maximum atomic E-state index is 10.2. The lowest BCUT2D eigenvalue weighted by molar-refractivity contribution is 0.219. The summed E-state index contributed by atoms with van der Waals surface area (Å²) in [5, 5.41) is 10.2. The molecule has 0 aliphatic carbocycles. The molecule has 0 spiro atoms. The Morgan fingerprint density at radius 2 is 1.79 bits per heavy atom. The molecule has 0 fully saturated rings. The summed E-state index contributed by atoms with van der Waals surface area (Å²) in [6.07, 6.45) is 6.13. The summed E-state index contributed by atoms with van der Waals surface area (Å²) >= 11 is 0. The van der Waals surface area contributed by atoms with E-state index in [-0.39, 0.29) is 0 Å². The maximum Gasteiger partial charge on any atom is 0.119 e. The van der Waals surface area contributed by atoms with Crippen molar-refractivity contribution in [3.63, 3.8) is 0 Å². The SMILES string of the molecule is CCCCOc1ccc(C(O)c2cncnc2)cc1. The summed E-state index contributed by atoms with van der Waals surface area (Å²) in [6, 6.07) is 7.47. The number of benzene rings is 1. The smallest absolute Gasteiger partial charge is 0.119 e. The average Bonchev–Trinajstić information content (AvgIpc) is 2.48. The van der Waals surface area contributed by atoms with Crippen LogP contribution in [0.25, 0.3) is 0 Å². The first kappa shape index (κ1) is 13.5. The number of hydrogen-bond acceptors (Lipinski definition) is 4. The standard InChI is InChI=1S/C15H18N2O2/c1-2-3-8-19-14-6-4-12(5-7-14)15(18)13-9-16-11-17-10-13/h4-7,9-11,15,18H,2-3,8H2,1H3. The van der Waals surface area contributed by atoms with Gasteiger partial charge in [0.1, 0.15) is 18.2 Å². The quantitative estimate of drug-likeness (QED) is 0.809. The monoisotopic (exact) mass is 258 g/mol. The fourth-order valence-electron chi connectivity index (χ4n) is 1.72. The summed E-state index contributed by atoms with van der Waals surface area (Å²) < 4.78 is 5.58. The van der Waals surface area contributed by atoms with Crippen LogP contribution in [0.5, 0.6) is 5.75 Å². The molecule has 0 amide bonds. The van der Waals surface area contributed by atoms with E-state index in [9.17, 15) is 5.11 Å². The van der Waals surface area contributed by atoms with Gasteiger partial charge in [0.15, 0.2) is 0 Å². The van der Waals surface area contributed by atoms with Crippen LogP contribution >= 0.6 is 0 Å². The van der Waals surface area contributed by atoms with Gasteiger partial charge in [-0.3, -0.25) is 0 Å². The summed E-state index contributed by atoms with van der Waals surface area (Å²) in [5.41, 5.74) is 1.49. The average molecular weight is 258 g/mol. The second kappa shape index (κ2) is 6.85. The molecule has 4 heteroatoms.